The Kier molecular flexibility index (Phi) is 6.82. The molecule has 0 spiro atoms. The molecule has 0 radical (unpaired) electrons. The van der Waals surface area contributed by atoms with Crippen molar-refractivity contribution in [3.63, 3.8) is 0 Å². The summed E-state index contributed by atoms with van der Waals surface area (Å²) in [5.74, 6) is 0.622. The van der Waals surface area contributed by atoms with Gasteiger partial charge in [0, 0.05) is 43.6 Å². The molecule has 0 N–H and O–H groups in total. The van der Waals surface area contributed by atoms with Crippen molar-refractivity contribution in [2.75, 3.05) is 0 Å². The lowest BCUT2D eigenvalue weighted by Crippen LogP contribution is -1.99. The number of para-hydroxylation sites is 4. The lowest BCUT2D eigenvalue weighted by Gasteiger charge is -2.18. The normalized spacial score (nSPS) is 11.7. The largest absolute Gasteiger partial charge is 0.455 e. The molecule has 0 unspecified atom stereocenters. The number of benzene rings is 8. The van der Waals surface area contributed by atoms with E-state index in [-0.39, 0.29) is 0 Å². The van der Waals surface area contributed by atoms with Gasteiger partial charge >= 0.3 is 0 Å². The molecule has 0 amide bonds. The van der Waals surface area contributed by atoms with Crippen LogP contribution >= 0.6 is 0 Å². The molecule has 252 valence electrons. The fraction of sp³-hybridized carbons (Fsp3) is 0. The third-order valence-corrected chi connectivity index (χ3v) is 10.5. The maximum Gasteiger partial charge on any atom is 0.161 e. The Morgan fingerprint density at radius 3 is 1.43 bits per heavy atom. The first kappa shape index (κ1) is 30.3. The maximum atomic E-state index is 6.60. The van der Waals surface area contributed by atoms with Crippen LogP contribution in [0.5, 0.6) is 0 Å². The summed E-state index contributed by atoms with van der Waals surface area (Å²) in [4.78, 5) is 11.0. The van der Waals surface area contributed by atoms with Gasteiger partial charge in [-0.05, 0) is 58.0 Å². The van der Waals surface area contributed by atoms with Gasteiger partial charge in [-0.2, -0.15) is 0 Å². The molecule has 11 rings (SSSR count). The maximum absolute atomic E-state index is 6.60. The number of nitrogens with zero attached hydrogens (tertiary/aromatic N) is 2. The topological polar surface area (TPSA) is 52.1 Å². The van der Waals surface area contributed by atoms with Crippen LogP contribution in [-0.4, -0.2) is 9.97 Å². The smallest absolute Gasteiger partial charge is 0.161 e. The van der Waals surface area contributed by atoms with Gasteiger partial charge in [-0.3, -0.25) is 0 Å². The Labute approximate surface area is 310 Å². The van der Waals surface area contributed by atoms with Crippen molar-refractivity contribution in [3.8, 4) is 56.2 Å². The van der Waals surface area contributed by atoms with E-state index in [0.29, 0.717) is 5.82 Å². The fourth-order valence-corrected chi connectivity index (χ4v) is 8.06. The van der Waals surface area contributed by atoms with Crippen LogP contribution in [0.25, 0.3) is 111 Å². The van der Waals surface area contributed by atoms with E-state index in [2.05, 4.69) is 158 Å². The molecule has 3 heterocycles. The molecule has 11 aromatic rings. The van der Waals surface area contributed by atoms with E-state index < -0.39 is 0 Å². The van der Waals surface area contributed by atoms with E-state index in [9.17, 15) is 0 Å². The Morgan fingerprint density at radius 2 is 0.833 bits per heavy atom. The summed E-state index contributed by atoms with van der Waals surface area (Å²) in [6.45, 7) is 0. The van der Waals surface area contributed by atoms with Gasteiger partial charge < -0.3 is 8.83 Å². The predicted octanol–water partition coefficient (Wildman–Crippen LogP) is 13.8. The fourth-order valence-electron chi connectivity index (χ4n) is 8.06. The molecule has 8 aromatic carbocycles. The van der Waals surface area contributed by atoms with Crippen LogP contribution in [0.2, 0.25) is 0 Å². The van der Waals surface area contributed by atoms with Gasteiger partial charge in [-0.1, -0.05) is 152 Å². The van der Waals surface area contributed by atoms with Gasteiger partial charge in [0.15, 0.2) is 5.82 Å². The highest BCUT2D eigenvalue weighted by Crippen LogP contribution is 2.44. The van der Waals surface area contributed by atoms with Gasteiger partial charge in [0.1, 0.15) is 22.3 Å². The zero-order chi connectivity index (χ0) is 35.6. The van der Waals surface area contributed by atoms with Gasteiger partial charge in [0.05, 0.1) is 11.4 Å². The molecule has 0 saturated carbocycles. The average Bonchev–Trinajstić information content (AvgIpc) is 3.82. The van der Waals surface area contributed by atoms with E-state index in [1.54, 1.807) is 0 Å². The predicted molar refractivity (Wildman–Crippen MR) is 221 cm³/mol. The summed E-state index contributed by atoms with van der Waals surface area (Å²) in [5, 5.41) is 6.45. The summed E-state index contributed by atoms with van der Waals surface area (Å²) in [6, 6.07) is 63.1. The quantitative estimate of drug-likeness (QED) is 0.180. The molecule has 0 aliphatic rings. The van der Waals surface area contributed by atoms with Crippen molar-refractivity contribution in [1.29, 1.82) is 0 Å². The average molecular weight is 691 g/mol. The Hall–Kier alpha value is -7.30. The van der Waals surface area contributed by atoms with Crippen molar-refractivity contribution >= 4 is 54.6 Å². The van der Waals surface area contributed by atoms with Crippen LogP contribution in [0.3, 0.4) is 0 Å². The number of hydrogen-bond donors (Lipinski definition) is 0. The van der Waals surface area contributed by atoms with Crippen LogP contribution < -0.4 is 0 Å². The van der Waals surface area contributed by atoms with Crippen LogP contribution in [0.4, 0.5) is 0 Å². The van der Waals surface area contributed by atoms with Gasteiger partial charge in [-0.25, -0.2) is 9.97 Å². The highest BCUT2D eigenvalue weighted by Gasteiger charge is 2.23. The second kappa shape index (κ2) is 12.1. The Balaban J connectivity index is 1.28. The number of rotatable bonds is 5. The molecule has 0 fully saturated rings. The highest BCUT2D eigenvalue weighted by atomic mass is 16.3. The minimum Gasteiger partial charge on any atom is -0.455 e. The minimum atomic E-state index is 0.622. The first-order valence-corrected chi connectivity index (χ1v) is 18.2. The lowest BCUT2D eigenvalue weighted by atomic mass is 9.88. The molecule has 0 aliphatic carbocycles. The third kappa shape index (κ3) is 4.78. The zero-order valence-electron chi connectivity index (χ0n) is 29.0. The number of furan rings is 2. The number of fused-ring (bicyclic) bond motifs is 7. The zero-order valence-corrected chi connectivity index (χ0v) is 29.0. The van der Waals surface area contributed by atoms with E-state index in [1.807, 2.05) is 24.3 Å². The highest BCUT2D eigenvalue weighted by molar-refractivity contribution is 6.13. The van der Waals surface area contributed by atoms with Crippen LogP contribution in [-0.2, 0) is 0 Å². The van der Waals surface area contributed by atoms with Crippen LogP contribution in [0, 0.1) is 0 Å². The molecule has 0 saturated heterocycles. The molecule has 4 nitrogen and oxygen atoms in total. The first-order chi connectivity index (χ1) is 26.8. The van der Waals surface area contributed by atoms with Crippen molar-refractivity contribution in [3.05, 3.63) is 182 Å². The second-order valence-electron chi connectivity index (χ2n) is 13.6. The molecule has 0 atom stereocenters. The molecular weight excluding hydrogens is 661 g/mol. The third-order valence-electron chi connectivity index (χ3n) is 10.5. The van der Waals surface area contributed by atoms with Gasteiger partial charge in [-0.15, -0.1) is 0 Å². The molecule has 0 aliphatic heterocycles. The van der Waals surface area contributed by atoms with Crippen molar-refractivity contribution < 1.29 is 8.83 Å². The minimum absolute atomic E-state index is 0.622. The van der Waals surface area contributed by atoms with Crippen LogP contribution in [0.1, 0.15) is 0 Å². The Bertz CT molecular complexity index is 3080. The van der Waals surface area contributed by atoms with Crippen molar-refractivity contribution in [2.45, 2.75) is 0 Å². The van der Waals surface area contributed by atoms with Gasteiger partial charge in [0.25, 0.3) is 0 Å². The standard InChI is InChI=1S/C50H30N2O2/c1-3-14-31(15-4-1)34-21-11-18-33-28-29-35(32-16-5-2-6-17-32)47(46(33)34)50-51-42(40-24-12-22-38-36-19-7-9-26-44(36)53-48(38)40)30-43(52-50)41-25-13-23-39-37-20-8-10-27-45(37)54-49(39)41/h1-30H. The lowest BCUT2D eigenvalue weighted by molar-refractivity contribution is 0.669. The number of hydrogen-bond acceptors (Lipinski definition) is 4. The molecule has 0 bridgehead atoms. The van der Waals surface area contributed by atoms with E-state index in [1.165, 1.54) is 0 Å². The second-order valence-corrected chi connectivity index (χ2v) is 13.6. The number of aromatic nitrogens is 2. The van der Waals surface area contributed by atoms with E-state index in [4.69, 9.17) is 18.8 Å². The molecule has 3 aromatic heterocycles. The van der Waals surface area contributed by atoms with E-state index >= 15 is 0 Å². The van der Waals surface area contributed by atoms with Gasteiger partial charge in [0.2, 0.25) is 0 Å². The molecule has 54 heavy (non-hydrogen) atoms. The Morgan fingerprint density at radius 1 is 0.352 bits per heavy atom. The summed E-state index contributed by atoms with van der Waals surface area (Å²) in [6.07, 6.45) is 0. The van der Waals surface area contributed by atoms with Crippen molar-refractivity contribution in [1.82, 2.24) is 9.97 Å². The summed E-state index contributed by atoms with van der Waals surface area (Å²) in [7, 11) is 0. The summed E-state index contributed by atoms with van der Waals surface area (Å²) < 4.78 is 13.2. The summed E-state index contributed by atoms with van der Waals surface area (Å²) >= 11 is 0. The first-order valence-electron chi connectivity index (χ1n) is 18.2. The monoisotopic (exact) mass is 690 g/mol. The summed E-state index contributed by atoms with van der Waals surface area (Å²) in [5.41, 5.74) is 12.0. The molecule has 4 heteroatoms. The van der Waals surface area contributed by atoms with Crippen molar-refractivity contribution in [2.24, 2.45) is 0 Å². The van der Waals surface area contributed by atoms with E-state index in [0.717, 1.165) is 105 Å². The molecular formula is C50H30N2O2. The SMILES string of the molecule is c1ccc(-c2ccc3cccc(-c4ccccc4)c3c2-c2nc(-c3cccc4c3oc3ccccc34)cc(-c3cccc4c3oc3ccccc34)n2)cc1. The van der Waals surface area contributed by atoms with Crippen LogP contribution in [0.15, 0.2) is 191 Å².